The Morgan fingerprint density at radius 3 is 2.62 bits per heavy atom. The number of hydrogen-bond acceptors (Lipinski definition) is 9. The van der Waals surface area contributed by atoms with Gasteiger partial charge in [-0.1, -0.05) is 24.6 Å². The summed E-state index contributed by atoms with van der Waals surface area (Å²) in [6.45, 7) is 5.35. The maximum absolute atomic E-state index is 13.6. The Kier molecular flexibility index (Phi) is 8.81. The third-order valence-corrected chi connectivity index (χ3v) is 8.65. The van der Waals surface area contributed by atoms with Crippen molar-refractivity contribution in [3.05, 3.63) is 59.9 Å². The van der Waals surface area contributed by atoms with Crippen molar-refractivity contribution in [1.82, 2.24) is 29.4 Å². The molecule has 0 bridgehead atoms. The van der Waals surface area contributed by atoms with Gasteiger partial charge in [-0.2, -0.15) is 4.31 Å². The predicted molar refractivity (Wildman–Crippen MR) is 145 cm³/mol. The topological polar surface area (TPSA) is 160 Å². The van der Waals surface area contributed by atoms with Crippen molar-refractivity contribution < 1.29 is 27.9 Å². The molecule has 0 fully saturated rings. The lowest BCUT2D eigenvalue weighted by Gasteiger charge is -2.38. The number of aryl methyl sites for hydroxylation is 1. The smallest absolute Gasteiger partial charge is 0.258 e. The minimum atomic E-state index is -3.79. The predicted octanol–water partition coefficient (Wildman–Crippen LogP) is 1.16. The monoisotopic (exact) mass is 571 g/mol. The van der Waals surface area contributed by atoms with Crippen LogP contribution in [-0.4, -0.2) is 93.6 Å². The fourth-order valence-corrected chi connectivity index (χ4v) is 5.54. The SMILES string of the molecule is Cc1ccc(S(=O)(=O)N(C)C[C@H]2Oc3ccc(NC(=O)Cn4cnnn4)cc3C(=O)N([C@@H](C)CO)C[C@@H]2C)cc1. The number of aromatic nitrogens is 4. The number of carbonyl (C=O) groups is 2. The number of fused-ring (bicyclic) bond motifs is 1. The zero-order valence-electron chi connectivity index (χ0n) is 22.8. The van der Waals surface area contributed by atoms with E-state index in [9.17, 15) is 23.1 Å². The molecule has 0 saturated carbocycles. The molecule has 4 rings (SSSR count). The van der Waals surface area contributed by atoms with Gasteiger partial charge in [-0.15, -0.1) is 5.10 Å². The molecular weight excluding hydrogens is 538 g/mol. The molecule has 3 atom stereocenters. The lowest BCUT2D eigenvalue weighted by atomic mass is 9.99. The Morgan fingerprint density at radius 2 is 1.98 bits per heavy atom. The van der Waals surface area contributed by atoms with E-state index in [1.807, 2.05) is 13.8 Å². The number of anilines is 1. The quantitative estimate of drug-likeness (QED) is 0.384. The van der Waals surface area contributed by atoms with Crippen LogP contribution < -0.4 is 10.1 Å². The lowest BCUT2D eigenvalue weighted by molar-refractivity contribution is -0.116. The summed E-state index contributed by atoms with van der Waals surface area (Å²) in [7, 11) is -2.30. The minimum Gasteiger partial charge on any atom is -0.488 e. The van der Waals surface area contributed by atoms with E-state index in [0.29, 0.717) is 5.69 Å². The number of sulfonamides is 1. The number of hydrogen-bond donors (Lipinski definition) is 2. The maximum Gasteiger partial charge on any atom is 0.258 e. The van der Waals surface area contributed by atoms with Crippen molar-refractivity contribution in [1.29, 1.82) is 0 Å². The van der Waals surface area contributed by atoms with Crippen molar-refractivity contribution in [3.63, 3.8) is 0 Å². The Balaban J connectivity index is 1.62. The van der Waals surface area contributed by atoms with Gasteiger partial charge in [-0.05, 0) is 54.6 Å². The fourth-order valence-electron chi connectivity index (χ4n) is 4.36. The van der Waals surface area contributed by atoms with Gasteiger partial charge >= 0.3 is 0 Å². The number of benzene rings is 2. The van der Waals surface area contributed by atoms with E-state index in [1.165, 1.54) is 28.4 Å². The number of aliphatic hydroxyl groups is 1. The van der Waals surface area contributed by atoms with Gasteiger partial charge in [0, 0.05) is 25.2 Å². The molecule has 1 aliphatic heterocycles. The van der Waals surface area contributed by atoms with Crippen molar-refractivity contribution in [2.45, 2.75) is 44.4 Å². The van der Waals surface area contributed by atoms with Crippen molar-refractivity contribution in [3.8, 4) is 5.75 Å². The normalized spacial score (nSPS) is 18.4. The molecule has 14 heteroatoms. The number of nitrogens with zero attached hydrogens (tertiary/aromatic N) is 6. The van der Waals surface area contributed by atoms with Crippen LogP contribution in [0.4, 0.5) is 5.69 Å². The molecule has 2 aromatic carbocycles. The molecule has 0 aliphatic carbocycles. The molecule has 40 heavy (non-hydrogen) atoms. The number of carbonyl (C=O) groups excluding carboxylic acids is 2. The second-order valence-corrected chi connectivity index (χ2v) is 12.0. The number of nitrogens with one attached hydrogen (secondary N) is 1. The molecule has 2 amide bonds. The standard InChI is InChI=1S/C26H33N7O6S/c1-17-5-8-21(9-6-17)40(37,38)31(4)13-24-18(2)12-33(19(3)15-34)26(36)22-11-20(7-10-23(22)39-24)28-25(35)14-32-16-27-29-30-32/h5-11,16,18-19,24,34H,12-15H2,1-4H3,(H,28,35)/t18-,19-,24+/m0/s1. The number of likely N-dealkylation sites (N-methyl/N-ethyl adjacent to an activating group) is 1. The van der Waals surface area contributed by atoms with Crippen LogP contribution in [0.5, 0.6) is 5.75 Å². The van der Waals surface area contributed by atoms with Gasteiger partial charge in [0.15, 0.2) is 0 Å². The van der Waals surface area contributed by atoms with Gasteiger partial charge < -0.3 is 20.1 Å². The van der Waals surface area contributed by atoms with E-state index in [-0.39, 0.29) is 54.3 Å². The second kappa shape index (κ2) is 12.1. The average molecular weight is 572 g/mol. The fraction of sp³-hybridized carbons (Fsp3) is 0.423. The summed E-state index contributed by atoms with van der Waals surface area (Å²) in [5, 5.41) is 23.2. The van der Waals surface area contributed by atoms with Crippen LogP contribution in [0.25, 0.3) is 0 Å². The summed E-state index contributed by atoms with van der Waals surface area (Å²) in [5.41, 5.74) is 1.49. The molecule has 2 heterocycles. The molecule has 0 spiro atoms. The van der Waals surface area contributed by atoms with Crippen LogP contribution in [0.15, 0.2) is 53.7 Å². The summed E-state index contributed by atoms with van der Waals surface area (Å²) >= 11 is 0. The van der Waals surface area contributed by atoms with E-state index in [2.05, 4.69) is 20.8 Å². The number of rotatable bonds is 9. The number of ether oxygens (including phenoxy) is 1. The first-order valence-corrected chi connectivity index (χ1v) is 14.2. The summed E-state index contributed by atoms with van der Waals surface area (Å²) in [6, 6.07) is 10.8. The molecule has 13 nitrogen and oxygen atoms in total. The van der Waals surface area contributed by atoms with Crippen LogP contribution in [0.1, 0.15) is 29.8 Å². The Hall–Kier alpha value is -3.88. The first kappa shape index (κ1) is 29.1. The highest BCUT2D eigenvalue weighted by molar-refractivity contribution is 7.89. The number of aliphatic hydroxyl groups excluding tert-OH is 1. The Labute approximate surface area is 232 Å². The van der Waals surface area contributed by atoms with Crippen molar-refractivity contribution in [2.75, 3.05) is 32.1 Å². The highest BCUT2D eigenvalue weighted by atomic mass is 32.2. The van der Waals surface area contributed by atoms with Crippen LogP contribution in [-0.2, 0) is 21.4 Å². The third-order valence-electron chi connectivity index (χ3n) is 6.81. The molecule has 2 N–H and O–H groups in total. The van der Waals surface area contributed by atoms with Crippen LogP contribution in [0.3, 0.4) is 0 Å². The number of amides is 2. The maximum atomic E-state index is 13.6. The van der Waals surface area contributed by atoms with Crippen molar-refractivity contribution in [2.24, 2.45) is 5.92 Å². The van der Waals surface area contributed by atoms with Gasteiger partial charge in [0.05, 0.1) is 29.7 Å². The van der Waals surface area contributed by atoms with E-state index in [1.54, 1.807) is 48.2 Å². The van der Waals surface area contributed by atoms with Gasteiger partial charge in [0.1, 0.15) is 24.7 Å². The van der Waals surface area contributed by atoms with E-state index >= 15 is 0 Å². The van der Waals surface area contributed by atoms with E-state index in [4.69, 9.17) is 4.74 Å². The zero-order valence-corrected chi connectivity index (χ0v) is 23.6. The van der Waals surface area contributed by atoms with E-state index < -0.39 is 28.1 Å². The van der Waals surface area contributed by atoms with E-state index in [0.717, 1.165) is 5.56 Å². The molecule has 3 aromatic rings. The highest BCUT2D eigenvalue weighted by Crippen LogP contribution is 2.31. The summed E-state index contributed by atoms with van der Waals surface area (Å²) in [4.78, 5) is 27.8. The van der Waals surface area contributed by atoms with Gasteiger partial charge in [-0.3, -0.25) is 9.59 Å². The summed E-state index contributed by atoms with van der Waals surface area (Å²) in [5.74, 6) is -0.811. The summed E-state index contributed by atoms with van der Waals surface area (Å²) < 4.78 is 35.3. The van der Waals surface area contributed by atoms with Crippen molar-refractivity contribution >= 4 is 27.5 Å². The molecule has 214 valence electrons. The molecule has 1 aliphatic rings. The highest BCUT2D eigenvalue weighted by Gasteiger charge is 2.35. The summed E-state index contributed by atoms with van der Waals surface area (Å²) in [6.07, 6.45) is 0.689. The Morgan fingerprint density at radius 1 is 1.25 bits per heavy atom. The molecule has 0 saturated heterocycles. The first-order valence-electron chi connectivity index (χ1n) is 12.8. The second-order valence-electron chi connectivity index (χ2n) is 9.99. The molecular formula is C26H33N7O6S. The zero-order chi connectivity index (χ0) is 29.0. The van der Waals surface area contributed by atoms with Gasteiger partial charge in [0.2, 0.25) is 15.9 Å². The van der Waals surface area contributed by atoms with Gasteiger partial charge in [-0.25, -0.2) is 13.1 Å². The van der Waals surface area contributed by atoms with Crippen LogP contribution in [0, 0.1) is 12.8 Å². The average Bonchev–Trinajstić information content (AvgIpc) is 3.43. The number of tetrazole rings is 1. The minimum absolute atomic E-state index is 0.0246. The Bertz CT molecular complexity index is 1450. The molecule has 1 aromatic heterocycles. The molecule has 0 unspecified atom stereocenters. The van der Waals surface area contributed by atoms with Crippen LogP contribution in [0.2, 0.25) is 0 Å². The molecule has 0 radical (unpaired) electrons. The first-order chi connectivity index (χ1) is 19.0. The largest absolute Gasteiger partial charge is 0.488 e. The lowest BCUT2D eigenvalue weighted by Crippen LogP contribution is -2.50. The van der Waals surface area contributed by atoms with Gasteiger partial charge in [0.25, 0.3) is 5.91 Å². The van der Waals surface area contributed by atoms with Crippen LogP contribution >= 0.6 is 0 Å². The third kappa shape index (κ3) is 6.46.